The van der Waals surface area contributed by atoms with Crippen molar-refractivity contribution in [3.8, 4) is 5.75 Å². The molecule has 0 aliphatic rings. The number of carboxylic acids is 1. The molecule has 3 N–H and O–H groups in total. The molecule has 6 nitrogen and oxygen atoms in total. The Balaban J connectivity index is 2.01. The number of nitrogen functional groups attached to an aromatic ring is 1. The topological polar surface area (TPSA) is 103 Å². The van der Waals surface area contributed by atoms with Crippen LogP contribution < -0.4 is 10.5 Å². The third kappa shape index (κ3) is 4.70. The highest BCUT2D eigenvalue weighted by Crippen LogP contribution is 2.16. The number of rotatable bonds is 8. The summed E-state index contributed by atoms with van der Waals surface area (Å²) in [6.45, 7) is 0.524. The number of alkyl halides is 1. The molecular formula is C17H17ClN2O4. The number of aromatic carboxylic acids is 1. The third-order valence-electron chi connectivity index (χ3n) is 3.28. The number of carbonyl (C=O) groups excluding carboxylic acids is 1. The number of carbonyl (C=O) groups is 2. The Morgan fingerprint density at radius 3 is 2.46 bits per heavy atom. The van der Waals surface area contributed by atoms with E-state index < -0.39 is 5.97 Å². The van der Waals surface area contributed by atoms with Crippen LogP contribution in [-0.2, 0) is 6.42 Å². The molecule has 0 saturated heterocycles. The van der Waals surface area contributed by atoms with Gasteiger partial charge in [-0.15, -0.1) is 11.6 Å². The van der Waals surface area contributed by atoms with Crippen molar-refractivity contribution < 1.29 is 19.4 Å². The molecular weight excluding hydrogens is 332 g/mol. The van der Waals surface area contributed by atoms with E-state index in [-0.39, 0.29) is 23.6 Å². The molecule has 0 fully saturated rings. The summed E-state index contributed by atoms with van der Waals surface area (Å²) in [6.07, 6.45) is 0.790. The monoisotopic (exact) mass is 348 g/mol. The second-order valence-electron chi connectivity index (χ2n) is 5.06. The molecule has 0 amide bonds. The maximum absolute atomic E-state index is 12.3. The number of aromatic nitrogens is 1. The molecule has 0 aliphatic heterocycles. The second-order valence-corrected chi connectivity index (χ2v) is 5.43. The van der Waals surface area contributed by atoms with Crippen LogP contribution in [0.1, 0.15) is 32.8 Å². The summed E-state index contributed by atoms with van der Waals surface area (Å²) in [7, 11) is 0. The zero-order chi connectivity index (χ0) is 17.5. The SMILES string of the molecule is Nc1nc(CC(=O)c2ccc(OCCCCl)cc2)ccc1C(=O)O. The van der Waals surface area contributed by atoms with Crippen molar-refractivity contribution in [2.24, 2.45) is 0 Å². The highest BCUT2D eigenvalue weighted by molar-refractivity contribution is 6.17. The zero-order valence-electron chi connectivity index (χ0n) is 12.9. The first-order chi connectivity index (χ1) is 11.5. The van der Waals surface area contributed by atoms with Gasteiger partial charge in [-0.05, 0) is 42.8 Å². The van der Waals surface area contributed by atoms with E-state index >= 15 is 0 Å². The lowest BCUT2D eigenvalue weighted by Gasteiger charge is -2.07. The van der Waals surface area contributed by atoms with Gasteiger partial charge < -0.3 is 15.6 Å². The highest BCUT2D eigenvalue weighted by atomic mass is 35.5. The van der Waals surface area contributed by atoms with E-state index in [1.54, 1.807) is 24.3 Å². The average molecular weight is 349 g/mol. The standard InChI is InChI=1S/C17H17ClN2O4/c18-8-1-9-24-13-5-2-11(3-6-13)15(21)10-12-4-7-14(17(22)23)16(19)20-12/h2-7H,1,8-10H2,(H2,19,20)(H,22,23). The van der Waals surface area contributed by atoms with E-state index in [9.17, 15) is 9.59 Å². The number of nitrogens with two attached hydrogens (primary N) is 1. The van der Waals surface area contributed by atoms with Crippen molar-refractivity contribution >= 4 is 29.2 Å². The first-order valence-electron chi connectivity index (χ1n) is 7.32. The predicted octanol–water partition coefficient (Wildman–Crippen LogP) is 2.80. The van der Waals surface area contributed by atoms with Gasteiger partial charge in [-0.1, -0.05) is 0 Å². The van der Waals surface area contributed by atoms with Gasteiger partial charge in [0.05, 0.1) is 18.7 Å². The Labute approximate surface area is 144 Å². The van der Waals surface area contributed by atoms with Gasteiger partial charge in [-0.3, -0.25) is 4.79 Å². The summed E-state index contributed by atoms with van der Waals surface area (Å²) in [5.41, 5.74) is 6.44. The minimum Gasteiger partial charge on any atom is -0.494 e. The Hall–Kier alpha value is -2.60. The van der Waals surface area contributed by atoms with Gasteiger partial charge >= 0.3 is 5.97 Å². The van der Waals surface area contributed by atoms with Crippen molar-refractivity contribution in [2.45, 2.75) is 12.8 Å². The number of benzene rings is 1. The van der Waals surface area contributed by atoms with Gasteiger partial charge in [-0.2, -0.15) is 0 Å². The lowest BCUT2D eigenvalue weighted by atomic mass is 10.1. The number of nitrogens with zero attached hydrogens (tertiary/aromatic N) is 1. The molecule has 126 valence electrons. The van der Waals surface area contributed by atoms with Crippen molar-refractivity contribution in [3.05, 3.63) is 53.2 Å². The van der Waals surface area contributed by atoms with Gasteiger partial charge in [0.25, 0.3) is 0 Å². The quantitative estimate of drug-likeness (QED) is 0.432. The Morgan fingerprint density at radius 2 is 1.88 bits per heavy atom. The van der Waals surface area contributed by atoms with Gasteiger partial charge in [0, 0.05) is 11.4 Å². The lowest BCUT2D eigenvalue weighted by Crippen LogP contribution is -2.09. The number of hydrogen-bond donors (Lipinski definition) is 2. The van der Waals surface area contributed by atoms with E-state index in [1.165, 1.54) is 12.1 Å². The lowest BCUT2D eigenvalue weighted by molar-refractivity contribution is 0.0697. The highest BCUT2D eigenvalue weighted by Gasteiger charge is 2.13. The average Bonchev–Trinajstić information content (AvgIpc) is 2.55. The summed E-state index contributed by atoms with van der Waals surface area (Å²) in [4.78, 5) is 27.1. The summed E-state index contributed by atoms with van der Waals surface area (Å²) in [6, 6.07) is 9.62. The fraction of sp³-hybridized carbons (Fsp3) is 0.235. The number of pyridine rings is 1. The summed E-state index contributed by atoms with van der Waals surface area (Å²) < 4.78 is 5.47. The van der Waals surface area contributed by atoms with Crippen molar-refractivity contribution in [2.75, 3.05) is 18.2 Å². The van der Waals surface area contributed by atoms with Gasteiger partial charge in [-0.25, -0.2) is 9.78 Å². The molecule has 0 spiro atoms. The van der Waals surface area contributed by atoms with Gasteiger partial charge in [0.1, 0.15) is 17.1 Å². The maximum atomic E-state index is 12.3. The van der Waals surface area contributed by atoms with Crippen LogP contribution in [0, 0.1) is 0 Å². The van der Waals surface area contributed by atoms with E-state index in [0.29, 0.717) is 29.5 Å². The van der Waals surface area contributed by atoms with Crippen LogP contribution in [0.5, 0.6) is 5.75 Å². The fourth-order valence-electron chi connectivity index (χ4n) is 2.04. The number of halogens is 1. The summed E-state index contributed by atoms with van der Waals surface area (Å²) in [5, 5.41) is 8.91. The molecule has 0 saturated carbocycles. The molecule has 1 aromatic heterocycles. The van der Waals surface area contributed by atoms with Crippen LogP contribution in [0.3, 0.4) is 0 Å². The third-order valence-corrected chi connectivity index (χ3v) is 3.54. The Bertz CT molecular complexity index is 732. The molecule has 24 heavy (non-hydrogen) atoms. The van der Waals surface area contributed by atoms with Crippen molar-refractivity contribution in [1.29, 1.82) is 0 Å². The zero-order valence-corrected chi connectivity index (χ0v) is 13.6. The first-order valence-corrected chi connectivity index (χ1v) is 7.85. The molecule has 2 rings (SSSR count). The van der Waals surface area contributed by atoms with Crippen LogP contribution >= 0.6 is 11.6 Å². The minimum atomic E-state index is -1.15. The molecule has 0 radical (unpaired) electrons. The smallest absolute Gasteiger partial charge is 0.339 e. The largest absolute Gasteiger partial charge is 0.494 e. The molecule has 1 heterocycles. The van der Waals surface area contributed by atoms with E-state index in [1.807, 2.05) is 0 Å². The van der Waals surface area contributed by atoms with E-state index in [2.05, 4.69) is 4.98 Å². The van der Waals surface area contributed by atoms with Gasteiger partial charge in [0.2, 0.25) is 0 Å². The molecule has 7 heteroatoms. The molecule has 0 bridgehead atoms. The fourth-order valence-corrected chi connectivity index (χ4v) is 2.15. The van der Waals surface area contributed by atoms with Crippen LogP contribution in [0.25, 0.3) is 0 Å². The number of anilines is 1. The van der Waals surface area contributed by atoms with Crippen LogP contribution in [-0.4, -0.2) is 34.3 Å². The minimum absolute atomic E-state index is 0.0382. The summed E-state index contributed by atoms with van der Waals surface area (Å²) >= 11 is 5.58. The second kappa shape index (κ2) is 8.31. The van der Waals surface area contributed by atoms with Crippen LogP contribution in [0.2, 0.25) is 0 Å². The molecule has 0 aliphatic carbocycles. The number of carboxylic acid groups (broad SMARTS) is 1. The number of hydrogen-bond acceptors (Lipinski definition) is 5. The van der Waals surface area contributed by atoms with Crippen LogP contribution in [0.4, 0.5) is 5.82 Å². The Morgan fingerprint density at radius 1 is 1.17 bits per heavy atom. The van der Waals surface area contributed by atoms with Crippen molar-refractivity contribution in [3.63, 3.8) is 0 Å². The molecule has 0 atom stereocenters. The number of ketones is 1. The van der Waals surface area contributed by atoms with E-state index in [4.69, 9.17) is 27.2 Å². The van der Waals surface area contributed by atoms with E-state index in [0.717, 1.165) is 6.42 Å². The molecule has 0 unspecified atom stereocenters. The predicted molar refractivity (Wildman–Crippen MR) is 90.9 cm³/mol. The summed E-state index contributed by atoms with van der Waals surface area (Å²) in [5.74, 6) is -0.187. The Kier molecular flexibility index (Phi) is 6.14. The maximum Gasteiger partial charge on any atom is 0.339 e. The molecule has 2 aromatic rings. The number of Topliss-reactive ketones (excluding diaryl/α,β-unsaturated/α-hetero) is 1. The first kappa shape index (κ1) is 17.7. The molecule has 1 aromatic carbocycles. The number of ether oxygens (including phenoxy) is 1. The normalized spacial score (nSPS) is 10.4. The van der Waals surface area contributed by atoms with Crippen molar-refractivity contribution in [1.82, 2.24) is 4.98 Å². The van der Waals surface area contributed by atoms with Crippen LogP contribution in [0.15, 0.2) is 36.4 Å². The van der Waals surface area contributed by atoms with Gasteiger partial charge in [0.15, 0.2) is 5.78 Å².